The van der Waals surface area contributed by atoms with E-state index in [4.69, 9.17) is 14.7 Å². The van der Waals surface area contributed by atoms with Crippen molar-refractivity contribution >= 4 is 69.7 Å². The Morgan fingerprint density at radius 2 is 1.05 bits per heavy atom. The van der Waals surface area contributed by atoms with Gasteiger partial charge in [0.1, 0.15) is 12.2 Å². The van der Waals surface area contributed by atoms with E-state index in [1.165, 1.54) is 12.1 Å². The molecule has 0 atom stereocenters. The number of nitrogens with zero attached hydrogens (tertiary/aromatic N) is 4. The highest BCUT2D eigenvalue weighted by Gasteiger charge is 2.26. The van der Waals surface area contributed by atoms with Crippen LogP contribution in [-0.4, -0.2) is 61.6 Å². The number of benzene rings is 4. The monoisotopic (exact) mass is 1130 g/mol. The number of nitro benzene ring substituents is 1. The second-order valence-corrected chi connectivity index (χ2v) is 25.9. The lowest BCUT2D eigenvalue weighted by Crippen LogP contribution is -2.28. The molecule has 7 aromatic rings. The first-order valence-electron chi connectivity index (χ1n) is 28.7. The van der Waals surface area contributed by atoms with Crippen molar-refractivity contribution in [3.63, 3.8) is 0 Å². The molecule has 2 aliphatic rings. The third kappa shape index (κ3) is 13.3. The van der Waals surface area contributed by atoms with E-state index in [1.807, 2.05) is 48.6 Å². The smallest absolute Gasteiger partial charge is 0.335 e. The number of aromatic amines is 2. The van der Waals surface area contributed by atoms with Crippen LogP contribution in [0.4, 0.5) is 11.4 Å². The van der Waals surface area contributed by atoms with Crippen molar-refractivity contribution in [3.05, 3.63) is 198 Å². The molecule has 0 aliphatic carbocycles. The molecule has 12 heteroatoms. The Labute approximate surface area is 499 Å². The Kier molecular flexibility index (Phi) is 16.4. The van der Waals surface area contributed by atoms with E-state index in [0.717, 1.165) is 89.5 Å². The third-order valence-corrected chi connectivity index (χ3v) is 15.3. The normalized spacial score (nSPS) is 12.3. The second-order valence-electron chi connectivity index (χ2n) is 25.9. The minimum absolute atomic E-state index is 0.0407. The molecule has 0 radical (unpaired) electrons. The molecule has 432 valence electrons. The molecule has 8 bridgehead atoms. The Morgan fingerprint density at radius 3 is 1.47 bits per heavy atom. The summed E-state index contributed by atoms with van der Waals surface area (Å²) in [6.45, 7) is 35.4. The van der Waals surface area contributed by atoms with Crippen LogP contribution < -0.4 is 4.90 Å². The summed E-state index contributed by atoms with van der Waals surface area (Å²) in [5.41, 5.74) is 15.4. The lowest BCUT2D eigenvalue weighted by Gasteiger charge is -2.26. The number of aromatic nitrogens is 4. The van der Waals surface area contributed by atoms with Crippen LogP contribution in [0.5, 0.6) is 0 Å². The number of likely N-dealkylation sites (N-methyl/N-ethyl adjacent to an activating group) is 1. The van der Waals surface area contributed by atoms with Gasteiger partial charge in [-0.05, 0) is 154 Å². The third-order valence-electron chi connectivity index (χ3n) is 15.3. The largest absolute Gasteiger partial charge is 0.478 e. The predicted octanol–water partition coefficient (Wildman–Crippen LogP) is 16.5. The summed E-state index contributed by atoms with van der Waals surface area (Å²) < 4.78 is 5.42. The Balaban J connectivity index is 1.39. The van der Waals surface area contributed by atoms with Crippen LogP contribution in [0.25, 0.3) is 68.6 Å². The average Bonchev–Trinajstić information content (AvgIpc) is 2.37. The number of esters is 1. The van der Waals surface area contributed by atoms with Gasteiger partial charge in [0.05, 0.1) is 62.0 Å². The predicted molar refractivity (Wildman–Crippen MR) is 347 cm³/mol. The van der Waals surface area contributed by atoms with Crippen molar-refractivity contribution in [2.24, 2.45) is 0 Å². The lowest BCUT2D eigenvalue weighted by molar-refractivity contribution is -0.385. The van der Waals surface area contributed by atoms with Gasteiger partial charge < -0.3 is 24.7 Å². The molecule has 0 fully saturated rings. The van der Waals surface area contributed by atoms with Gasteiger partial charge >= 0.3 is 11.9 Å². The first kappa shape index (κ1) is 60.1. The standard InChI is InChI=1S/C73H74N6O6/c1-16-78(35-36-85-69(82)44(2)3)54-23-17-45(18-24-54)19-25-55-57-27-31-61(74-57)66(48-37-50(70(4,5)6)42-51(38-48)71(7,8)9)63-33-29-59(76-63)56(26-22-46-20-21-47(68(80)81)41-65(46)79(83)84)60-30-34-64(77-60)67(62-32-28-58(55)75-62)49-39-52(72(10,11)12)43-53(40-49)73(13,14)15/h17-18,20-21,23-24,27-34,37-43,74-75H,2,16,35-36H2,1,3-15H3,(H,80,81). The molecule has 3 aromatic heterocycles. The van der Waals surface area contributed by atoms with Gasteiger partial charge in [0, 0.05) is 51.6 Å². The number of anilines is 1. The number of carbonyl (C=O) groups excluding carboxylic acids is 1. The van der Waals surface area contributed by atoms with Gasteiger partial charge in [-0.25, -0.2) is 19.6 Å². The first-order chi connectivity index (χ1) is 40.0. The van der Waals surface area contributed by atoms with E-state index in [-0.39, 0.29) is 39.4 Å². The maximum Gasteiger partial charge on any atom is 0.335 e. The van der Waals surface area contributed by atoms with Crippen LogP contribution in [-0.2, 0) is 31.2 Å². The molecule has 85 heavy (non-hydrogen) atoms. The van der Waals surface area contributed by atoms with Crippen molar-refractivity contribution < 1.29 is 24.4 Å². The van der Waals surface area contributed by atoms with E-state index < -0.39 is 22.5 Å². The Morgan fingerprint density at radius 1 is 0.600 bits per heavy atom. The average molecular weight is 1130 g/mol. The summed E-state index contributed by atoms with van der Waals surface area (Å²) in [7, 11) is 0. The fourth-order valence-corrected chi connectivity index (χ4v) is 10.1. The molecule has 0 amide bonds. The zero-order valence-electron chi connectivity index (χ0n) is 51.2. The zero-order valence-corrected chi connectivity index (χ0v) is 51.2. The van der Waals surface area contributed by atoms with Gasteiger partial charge in [-0.2, -0.15) is 0 Å². The number of hydrogen-bond donors (Lipinski definition) is 3. The van der Waals surface area contributed by atoms with Crippen molar-refractivity contribution in [3.8, 4) is 45.9 Å². The van der Waals surface area contributed by atoms with Crippen LogP contribution in [0, 0.1) is 33.8 Å². The lowest BCUT2D eigenvalue weighted by atomic mass is 9.78. The highest BCUT2D eigenvalue weighted by atomic mass is 16.6. The van der Waals surface area contributed by atoms with Crippen LogP contribution in [0.3, 0.4) is 0 Å². The number of aromatic carboxylic acids is 1. The van der Waals surface area contributed by atoms with E-state index in [0.29, 0.717) is 47.0 Å². The van der Waals surface area contributed by atoms with Gasteiger partial charge in [-0.3, -0.25) is 10.1 Å². The maximum absolute atomic E-state index is 12.5. The number of carboxylic acids is 1. The highest BCUT2D eigenvalue weighted by molar-refractivity contribution is 5.96. The molecule has 5 heterocycles. The molecule has 0 spiro atoms. The molecule has 4 aromatic carbocycles. The topological polar surface area (TPSA) is 167 Å². The van der Waals surface area contributed by atoms with Gasteiger partial charge in [0.2, 0.25) is 0 Å². The number of nitrogens with one attached hydrogen (secondary N) is 2. The number of fused-ring (bicyclic) bond motifs is 8. The molecule has 3 N–H and O–H groups in total. The van der Waals surface area contributed by atoms with Gasteiger partial charge in [0.15, 0.2) is 0 Å². The highest BCUT2D eigenvalue weighted by Crippen LogP contribution is 2.41. The van der Waals surface area contributed by atoms with Crippen LogP contribution in [0.1, 0.15) is 175 Å². The summed E-state index contributed by atoms with van der Waals surface area (Å²) in [6.07, 6.45) is 7.77. The van der Waals surface area contributed by atoms with Gasteiger partial charge in [-0.1, -0.05) is 150 Å². The Hall–Kier alpha value is -9.52. The van der Waals surface area contributed by atoms with Gasteiger partial charge in [0.25, 0.3) is 5.69 Å². The molecule has 0 unspecified atom stereocenters. The van der Waals surface area contributed by atoms with Gasteiger partial charge in [-0.15, -0.1) is 0 Å². The molecule has 12 nitrogen and oxygen atoms in total. The Bertz CT molecular complexity index is 4010. The minimum Gasteiger partial charge on any atom is -0.478 e. The summed E-state index contributed by atoms with van der Waals surface area (Å²) in [6, 6.07) is 33.6. The van der Waals surface area contributed by atoms with Crippen LogP contribution in [0.2, 0.25) is 0 Å². The first-order valence-corrected chi connectivity index (χ1v) is 28.7. The van der Waals surface area contributed by atoms with E-state index >= 15 is 0 Å². The quantitative estimate of drug-likeness (QED) is 0.0397. The molecule has 2 aliphatic heterocycles. The number of nitro groups is 1. The van der Waals surface area contributed by atoms with Crippen molar-refractivity contribution in [2.45, 2.75) is 119 Å². The van der Waals surface area contributed by atoms with E-state index in [1.54, 1.807) is 6.92 Å². The molecule has 0 saturated heterocycles. The molecule has 0 saturated carbocycles. The number of carbonyl (C=O) groups is 2. The van der Waals surface area contributed by atoms with Crippen LogP contribution >= 0.6 is 0 Å². The van der Waals surface area contributed by atoms with Crippen LogP contribution in [0.15, 0.2) is 115 Å². The minimum atomic E-state index is -1.29. The number of rotatable bonds is 10. The van der Waals surface area contributed by atoms with Crippen molar-refractivity contribution in [1.29, 1.82) is 0 Å². The SMILES string of the molecule is C=C(C)C(=O)OCCN(CC)c1ccc(C#Cc2c3ccc([nH]3)c(-c3cc(C(C)(C)C)cc(C(C)(C)C)c3)c3nc(c(C#Cc4ccc(C(=O)O)cc4[N+](=O)[O-])c4nc(c(-c5cc(C(C)(C)C)cc(C(C)(C)C)c5)c5ccc2[nH]5)C=C4)C=C3)cc1. The number of ether oxygens (including phenoxy) is 1. The van der Waals surface area contributed by atoms with E-state index in [9.17, 15) is 24.8 Å². The molecular formula is C73H74N6O6. The second kappa shape index (κ2) is 23.3. The molecule has 9 rings (SSSR count). The summed E-state index contributed by atoms with van der Waals surface area (Å²) in [5.74, 6) is 11.8. The number of hydrogen-bond acceptors (Lipinski definition) is 8. The van der Waals surface area contributed by atoms with Crippen molar-refractivity contribution in [1.82, 2.24) is 19.9 Å². The summed E-state index contributed by atoms with van der Waals surface area (Å²) in [5, 5.41) is 22.3. The fourth-order valence-electron chi connectivity index (χ4n) is 10.1. The maximum atomic E-state index is 12.5. The fraction of sp³-hybridized carbons (Fsp3) is 0.288. The summed E-state index contributed by atoms with van der Waals surface area (Å²) in [4.78, 5) is 56.7. The zero-order chi connectivity index (χ0) is 61.5. The van der Waals surface area contributed by atoms with Crippen molar-refractivity contribution in [2.75, 3.05) is 24.6 Å². The number of carboxylic acid groups (broad SMARTS) is 1. The van der Waals surface area contributed by atoms with E-state index in [2.05, 4.69) is 196 Å². The summed E-state index contributed by atoms with van der Waals surface area (Å²) >= 11 is 0. The number of H-pyrrole nitrogens is 2. The molecular weight excluding hydrogens is 1060 g/mol.